The van der Waals surface area contributed by atoms with Crippen molar-refractivity contribution in [3.05, 3.63) is 35.2 Å². The minimum atomic E-state index is -0.400. The van der Waals surface area contributed by atoms with Crippen molar-refractivity contribution in [1.82, 2.24) is 0 Å². The number of aliphatic hydroxyl groups excluding tert-OH is 1. The van der Waals surface area contributed by atoms with Crippen molar-refractivity contribution in [2.45, 2.75) is 19.4 Å². The molecule has 0 aliphatic heterocycles. The predicted molar refractivity (Wildman–Crippen MR) is 72.4 cm³/mol. The summed E-state index contributed by atoms with van der Waals surface area (Å²) in [6.07, 6.45) is 0.340. The van der Waals surface area contributed by atoms with E-state index in [1.54, 1.807) is 18.4 Å². The number of hydrogen-bond acceptors (Lipinski definition) is 3. The Bertz CT molecular complexity index is 478. The number of benzene rings is 1. The highest BCUT2D eigenvalue weighted by Gasteiger charge is 2.15. The Kier molecular flexibility index (Phi) is 4.15. The molecule has 2 aromatic rings. The van der Waals surface area contributed by atoms with Crippen molar-refractivity contribution in [2.24, 2.45) is 5.92 Å². The second-order valence-electron chi connectivity index (χ2n) is 4.50. The largest absolute Gasteiger partial charge is 0.388 e. The van der Waals surface area contributed by atoms with Gasteiger partial charge in [-0.2, -0.15) is 0 Å². The lowest BCUT2D eigenvalue weighted by Crippen LogP contribution is -2.09. The molecule has 0 radical (unpaired) electrons. The molecule has 0 aliphatic rings. The molecule has 0 saturated heterocycles. The smallest absolute Gasteiger partial charge is 0.0807 e. The zero-order valence-corrected chi connectivity index (χ0v) is 11.0. The molecule has 3 heteroatoms. The molecule has 0 amide bonds. The molecule has 0 aliphatic carbocycles. The fraction of sp³-hybridized carbons (Fsp3) is 0.429. The van der Waals surface area contributed by atoms with Crippen LogP contribution in [0.15, 0.2) is 29.6 Å². The van der Waals surface area contributed by atoms with E-state index >= 15 is 0 Å². The minimum Gasteiger partial charge on any atom is -0.388 e. The molecule has 1 aromatic carbocycles. The van der Waals surface area contributed by atoms with Crippen LogP contribution in [0.25, 0.3) is 10.1 Å². The van der Waals surface area contributed by atoms with Crippen molar-refractivity contribution in [1.29, 1.82) is 0 Å². The van der Waals surface area contributed by atoms with Crippen LogP contribution in [0.1, 0.15) is 25.0 Å². The molecular formula is C14H18O2S. The summed E-state index contributed by atoms with van der Waals surface area (Å²) in [5, 5.41) is 13.6. The molecule has 2 atom stereocenters. The van der Waals surface area contributed by atoms with Crippen LogP contribution < -0.4 is 0 Å². The van der Waals surface area contributed by atoms with Crippen molar-refractivity contribution in [2.75, 3.05) is 13.7 Å². The second-order valence-corrected chi connectivity index (χ2v) is 5.41. The van der Waals surface area contributed by atoms with Gasteiger partial charge in [0.2, 0.25) is 0 Å². The van der Waals surface area contributed by atoms with Crippen LogP contribution in [0.5, 0.6) is 0 Å². The highest BCUT2D eigenvalue weighted by atomic mass is 32.1. The van der Waals surface area contributed by atoms with Crippen LogP contribution in [0.3, 0.4) is 0 Å². The van der Waals surface area contributed by atoms with Gasteiger partial charge in [-0.3, -0.25) is 0 Å². The first kappa shape index (κ1) is 12.6. The summed E-state index contributed by atoms with van der Waals surface area (Å²) < 4.78 is 6.30. The van der Waals surface area contributed by atoms with Crippen LogP contribution in [0, 0.1) is 5.92 Å². The van der Waals surface area contributed by atoms with Crippen LogP contribution in [-0.4, -0.2) is 18.8 Å². The molecule has 17 heavy (non-hydrogen) atoms. The Morgan fingerprint density at radius 1 is 1.35 bits per heavy atom. The van der Waals surface area contributed by atoms with Crippen molar-refractivity contribution in [3.63, 3.8) is 0 Å². The molecule has 0 fully saturated rings. The highest BCUT2D eigenvalue weighted by Crippen LogP contribution is 2.31. The molecule has 2 rings (SSSR count). The molecule has 0 bridgehead atoms. The Morgan fingerprint density at radius 2 is 2.18 bits per heavy atom. The van der Waals surface area contributed by atoms with Crippen LogP contribution in [0.2, 0.25) is 0 Å². The fourth-order valence-corrected chi connectivity index (χ4v) is 3.10. The standard InChI is InChI=1S/C14H18O2S/c1-10(9-16-2)8-13(15)12-5-3-4-11-6-7-17-14(11)12/h3-7,10,13,15H,8-9H2,1-2H3. The quantitative estimate of drug-likeness (QED) is 0.878. The number of ether oxygens (including phenoxy) is 1. The van der Waals surface area contributed by atoms with Crippen LogP contribution in [0.4, 0.5) is 0 Å². The zero-order chi connectivity index (χ0) is 12.3. The molecular weight excluding hydrogens is 232 g/mol. The van der Waals surface area contributed by atoms with Gasteiger partial charge in [-0.25, -0.2) is 0 Å². The maximum Gasteiger partial charge on any atom is 0.0807 e. The summed E-state index contributed by atoms with van der Waals surface area (Å²) in [7, 11) is 1.70. The van der Waals surface area contributed by atoms with E-state index in [1.165, 1.54) is 10.1 Å². The van der Waals surface area contributed by atoms with Crippen molar-refractivity contribution >= 4 is 21.4 Å². The number of fused-ring (bicyclic) bond motifs is 1. The van der Waals surface area contributed by atoms with Gasteiger partial charge in [0.15, 0.2) is 0 Å². The van der Waals surface area contributed by atoms with E-state index in [9.17, 15) is 5.11 Å². The average Bonchev–Trinajstić information content (AvgIpc) is 2.76. The number of methoxy groups -OCH3 is 1. The number of thiophene rings is 1. The monoisotopic (exact) mass is 250 g/mol. The minimum absolute atomic E-state index is 0.366. The third-order valence-electron chi connectivity index (χ3n) is 2.95. The SMILES string of the molecule is COCC(C)CC(O)c1cccc2ccsc12. The predicted octanol–water partition coefficient (Wildman–Crippen LogP) is 3.61. The van der Waals surface area contributed by atoms with E-state index in [4.69, 9.17) is 4.74 Å². The Morgan fingerprint density at radius 3 is 2.94 bits per heavy atom. The normalized spacial score (nSPS) is 15.0. The summed E-state index contributed by atoms with van der Waals surface area (Å²) >= 11 is 1.69. The van der Waals surface area contributed by atoms with Gasteiger partial charge in [-0.1, -0.05) is 25.1 Å². The summed E-state index contributed by atoms with van der Waals surface area (Å²) in [5.74, 6) is 0.366. The molecule has 0 saturated carbocycles. The van der Waals surface area contributed by atoms with Gasteiger partial charge in [-0.15, -0.1) is 11.3 Å². The van der Waals surface area contributed by atoms with E-state index in [1.807, 2.05) is 12.1 Å². The highest BCUT2D eigenvalue weighted by molar-refractivity contribution is 7.17. The topological polar surface area (TPSA) is 29.5 Å². The van der Waals surface area contributed by atoms with E-state index in [0.29, 0.717) is 12.5 Å². The van der Waals surface area contributed by atoms with Gasteiger partial charge < -0.3 is 9.84 Å². The molecule has 92 valence electrons. The van der Waals surface area contributed by atoms with Gasteiger partial charge in [0.25, 0.3) is 0 Å². The van der Waals surface area contributed by atoms with Gasteiger partial charge in [0, 0.05) is 18.4 Å². The average molecular weight is 250 g/mol. The zero-order valence-electron chi connectivity index (χ0n) is 10.2. The molecule has 1 aromatic heterocycles. The Hall–Kier alpha value is -0.900. The van der Waals surface area contributed by atoms with Gasteiger partial charge in [0.1, 0.15) is 0 Å². The summed E-state index contributed by atoms with van der Waals surface area (Å²) in [6.45, 7) is 2.79. The Balaban J connectivity index is 2.18. The maximum absolute atomic E-state index is 10.3. The van der Waals surface area contributed by atoms with Crippen molar-refractivity contribution < 1.29 is 9.84 Å². The van der Waals surface area contributed by atoms with Gasteiger partial charge >= 0.3 is 0 Å². The van der Waals surface area contributed by atoms with E-state index in [0.717, 1.165) is 12.0 Å². The van der Waals surface area contributed by atoms with Gasteiger partial charge in [-0.05, 0) is 34.7 Å². The summed E-state index contributed by atoms with van der Waals surface area (Å²) in [5.41, 5.74) is 1.04. The first-order chi connectivity index (χ1) is 8.22. The molecule has 1 N–H and O–H groups in total. The van der Waals surface area contributed by atoms with Crippen LogP contribution in [-0.2, 0) is 4.74 Å². The summed E-state index contributed by atoms with van der Waals surface area (Å²) in [4.78, 5) is 0. The molecule has 0 spiro atoms. The third kappa shape index (κ3) is 2.86. The second kappa shape index (κ2) is 5.63. The number of rotatable bonds is 5. The summed E-state index contributed by atoms with van der Waals surface area (Å²) in [6, 6.07) is 8.20. The van der Waals surface area contributed by atoms with Gasteiger partial charge in [0.05, 0.1) is 6.10 Å². The van der Waals surface area contributed by atoms with Crippen molar-refractivity contribution in [3.8, 4) is 0 Å². The van der Waals surface area contributed by atoms with E-state index < -0.39 is 6.10 Å². The molecule has 2 unspecified atom stereocenters. The number of aliphatic hydroxyl groups is 1. The fourth-order valence-electron chi connectivity index (χ4n) is 2.14. The third-order valence-corrected chi connectivity index (χ3v) is 3.92. The lowest BCUT2D eigenvalue weighted by molar-refractivity contribution is 0.103. The van der Waals surface area contributed by atoms with E-state index in [2.05, 4.69) is 24.4 Å². The maximum atomic E-state index is 10.3. The Labute approximate surface area is 106 Å². The first-order valence-electron chi connectivity index (χ1n) is 5.85. The lowest BCUT2D eigenvalue weighted by atomic mass is 9.98. The first-order valence-corrected chi connectivity index (χ1v) is 6.73. The molecule has 1 heterocycles. The van der Waals surface area contributed by atoms with E-state index in [-0.39, 0.29) is 0 Å². The van der Waals surface area contributed by atoms with Crippen LogP contribution >= 0.6 is 11.3 Å². The number of hydrogen-bond donors (Lipinski definition) is 1. The lowest BCUT2D eigenvalue weighted by Gasteiger charge is -2.16. The molecule has 2 nitrogen and oxygen atoms in total.